The third-order valence-corrected chi connectivity index (χ3v) is 8.66. The highest BCUT2D eigenvalue weighted by Crippen LogP contribution is 2.51. The molecule has 0 saturated carbocycles. The minimum Gasteiger partial charge on any atom is -0.478 e. The van der Waals surface area contributed by atoms with Gasteiger partial charge in [0.25, 0.3) is 5.91 Å². The first-order valence-corrected chi connectivity index (χ1v) is 13.5. The molecule has 1 amide bonds. The summed E-state index contributed by atoms with van der Waals surface area (Å²) in [6.45, 7) is 3.00. The molecule has 1 fully saturated rings. The topological polar surface area (TPSA) is 76.6 Å². The summed E-state index contributed by atoms with van der Waals surface area (Å²) in [6, 6.07) is 16.3. The lowest BCUT2D eigenvalue weighted by Gasteiger charge is -2.19. The Morgan fingerprint density at radius 3 is 2.47 bits per heavy atom. The number of nitrogens with zero attached hydrogens (tertiary/aromatic N) is 2. The van der Waals surface area contributed by atoms with Crippen molar-refractivity contribution in [2.24, 2.45) is 0 Å². The lowest BCUT2D eigenvalue weighted by atomic mass is 9.98. The number of thioether (sulfide) groups is 2. The van der Waals surface area contributed by atoms with Gasteiger partial charge in [0.2, 0.25) is 0 Å². The van der Waals surface area contributed by atoms with Gasteiger partial charge in [0.15, 0.2) is 0 Å². The highest BCUT2D eigenvalue weighted by Gasteiger charge is 2.36. The van der Waals surface area contributed by atoms with Crippen LogP contribution in [-0.4, -0.2) is 37.7 Å². The standard InChI is InChI=1S/C26H20ClN3O3S3/c1-2-29-20(35-19-13-28-23(27)21(19)29)12-18(16-10-6-7-11-17(16)25(32)33)22-24(31)30(26(34)36-22)14-15-8-4-3-5-9-15/h3-13,28H,2,14H2,1H3,(H,32,33)/b20-12?,22-18-. The molecule has 0 bridgehead atoms. The van der Waals surface area contributed by atoms with E-state index in [2.05, 4.69) is 4.98 Å². The summed E-state index contributed by atoms with van der Waals surface area (Å²) in [5, 5.41) is 11.3. The van der Waals surface area contributed by atoms with Crippen LogP contribution in [0.5, 0.6) is 0 Å². The second-order valence-electron chi connectivity index (χ2n) is 7.98. The molecule has 3 aromatic rings. The number of nitrogens with one attached hydrogen (secondary N) is 1. The summed E-state index contributed by atoms with van der Waals surface area (Å²) in [5.74, 6) is -1.31. The Morgan fingerprint density at radius 2 is 1.78 bits per heavy atom. The molecule has 0 spiro atoms. The second-order valence-corrected chi connectivity index (χ2v) is 11.1. The molecule has 6 nitrogen and oxygen atoms in total. The van der Waals surface area contributed by atoms with E-state index >= 15 is 0 Å². The Labute approximate surface area is 227 Å². The molecule has 1 aromatic heterocycles. The maximum Gasteiger partial charge on any atom is 0.336 e. The van der Waals surface area contributed by atoms with Crippen LogP contribution in [0.25, 0.3) is 5.57 Å². The molecule has 0 atom stereocenters. The number of benzene rings is 2. The van der Waals surface area contributed by atoms with Gasteiger partial charge in [0.1, 0.15) is 9.47 Å². The number of aromatic nitrogens is 1. The van der Waals surface area contributed by atoms with Crippen LogP contribution >= 0.6 is 47.3 Å². The van der Waals surface area contributed by atoms with E-state index in [1.165, 1.54) is 23.5 Å². The number of fused-ring (bicyclic) bond motifs is 1. The number of aromatic carboxylic acids is 1. The maximum atomic E-state index is 13.7. The number of carboxylic acid groups (broad SMARTS) is 1. The number of aromatic amines is 1. The first kappa shape index (κ1) is 24.7. The van der Waals surface area contributed by atoms with Crippen LogP contribution in [0.2, 0.25) is 5.15 Å². The first-order valence-electron chi connectivity index (χ1n) is 11.1. The maximum absolute atomic E-state index is 13.7. The smallest absolute Gasteiger partial charge is 0.336 e. The van der Waals surface area contributed by atoms with E-state index in [0.717, 1.165) is 21.2 Å². The van der Waals surface area contributed by atoms with E-state index in [9.17, 15) is 14.7 Å². The van der Waals surface area contributed by atoms with Gasteiger partial charge in [-0.15, -0.1) is 0 Å². The molecule has 36 heavy (non-hydrogen) atoms. The summed E-state index contributed by atoms with van der Waals surface area (Å²) in [7, 11) is 0. The van der Waals surface area contributed by atoms with Gasteiger partial charge in [0, 0.05) is 18.3 Å². The zero-order valence-electron chi connectivity index (χ0n) is 19.0. The Morgan fingerprint density at radius 1 is 1.08 bits per heavy atom. The first-order chi connectivity index (χ1) is 17.4. The summed E-state index contributed by atoms with van der Waals surface area (Å²) in [4.78, 5) is 33.8. The number of anilines is 1. The zero-order chi connectivity index (χ0) is 25.4. The van der Waals surface area contributed by atoms with Gasteiger partial charge >= 0.3 is 5.97 Å². The highest BCUT2D eigenvalue weighted by atomic mass is 35.5. The van der Waals surface area contributed by atoms with Crippen LogP contribution in [0.3, 0.4) is 0 Å². The molecule has 2 N–H and O–H groups in total. The van der Waals surface area contributed by atoms with Crippen molar-refractivity contribution in [2.75, 3.05) is 11.4 Å². The predicted molar refractivity (Wildman–Crippen MR) is 150 cm³/mol. The number of H-pyrrole nitrogens is 1. The average Bonchev–Trinajstić information content (AvgIpc) is 3.51. The SMILES string of the molecule is CCN1C(=C/C(=C2/SC(=S)N(Cc3ccccc3)C2=O)c2ccccc2C(=O)O)Sc2c[nH]c(Cl)c21. The van der Waals surface area contributed by atoms with Gasteiger partial charge in [-0.05, 0) is 30.2 Å². The van der Waals surface area contributed by atoms with Crippen molar-refractivity contribution in [3.05, 3.63) is 98.6 Å². The summed E-state index contributed by atoms with van der Waals surface area (Å²) in [6.07, 6.45) is 3.72. The second kappa shape index (κ2) is 10.2. The molecule has 1 saturated heterocycles. The molecular weight excluding hydrogens is 534 g/mol. The van der Waals surface area contributed by atoms with Gasteiger partial charge in [-0.3, -0.25) is 9.69 Å². The fourth-order valence-corrected chi connectivity index (χ4v) is 6.94. The van der Waals surface area contributed by atoms with Crippen LogP contribution in [-0.2, 0) is 11.3 Å². The average molecular weight is 554 g/mol. The van der Waals surface area contributed by atoms with Gasteiger partial charge < -0.3 is 15.0 Å². The number of hydrogen-bond donors (Lipinski definition) is 2. The van der Waals surface area contributed by atoms with Crippen molar-refractivity contribution >= 4 is 74.8 Å². The fourth-order valence-electron chi connectivity index (χ4n) is 4.16. The molecule has 3 heterocycles. The van der Waals surface area contributed by atoms with E-state index in [-0.39, 0.29) is 11.5 Å². The Hall–Kier alpha value is -2.98. The summed E-state index contributed by atoms with van der Waals surface area (Å²) < 4.78 is 0.434. The Bertz CT molecular complexity index is 1450. The summed E-state index contributed by atoms with van der Waals surface area (Å²) >= 11 is 14.7. The number of allylic oxidation sites excluding steroid dienone is 2. The number of carbonyl (C=O) groups excluding carboxylic acids is 1. The Balaban J connectivity index is 1.64. The van der Waals surface area contributed by atoms with Crippen LogP contribution in [0.15, 0.2) is 81.7 Å². The molecule has 0 unspecified atom stereocenters. The normalized spacial score (nSPS) is 17.8. The molecule has 0 aliphatic carbocycles. The minimum absolute atomic E-state index is 0.113. The van der Waals surface area contributed by atoms with Crippen molar-refractivity contribution in [3.8, 4) is 0 Å². The molecule has 0 radical (unpaired) electrons. The molecule has 2 aliphatic rings. The largest absolute Gasteiger partial charge is 0.478 e. The van der Waals surface area contributed by atoms with Crippen LogP contribution < -0.4 is 4.90 Å². The molecule has 10 heteroatoms. The third kappa shape index (κ3) is 4.48. The van der Waals surface area contributed by atoms with Crippen molar-refractivity contribution < 1.29 is 14.7 Å². The number of hydrogen-bond acceptors (Lipinski definition) is 6. The number of rotatable bonds is 6. The number of halogens is 1. The van der Waals surface area contributed by atoms with Crippen molar-refractivity contribution in [1.82, 2.24) is 9.88 Å². The highest BCUT2D eigenvalue weighted by molar-refractivity contribution is 8.26. The van der Waals surface area contributed by atoms with Crippen LogP contribution in [0.4, 0.5) is 5.69 Å². The van der Waals surface area contributed by atoms with Crippen LogP contribution in [0, 0.1) is 0 Å². The van der Waals surface area contributed by atoms with Crippen LogP contribution in [0.1, 0.15) is 28.4 Å². The number of carboxylic acids is 1. The van der Waals surface area contributed by atoms with Gasteiger partial charge in [0.05, 0.1) is 32.6 Å². The van der Waals surface area contributed by atoms with Gasteiger partial charge in [-0.2, -0.15) is 0 Å². The van der Waals surface area contributed by atoms with E-state index in [4.69, 9.17) is 23.8 Å². The third-order valence-electron chi connectivity index (χ3n) is 5.83. The molecule has 182 valence electrons. The predicted octanol–water partition coefficient (Wildman–Crippen LogP) is 6.61. The fraction of sp³-hybridized carbons (Fsp3) is 0.115. The Kier molecular flexibility index (Phi) is 6.98. The van der Waals surface area contributed by atoms with E-state index in [1.54, 1.807) is 29.2 Å². The number of thiocarbonyl (C=S) groups is 1. The summed E-state index contributed by atoms with van der Waals surface area (Å²) in [5.41, 5.74) is 2.92. The van der Waals surface area contributed by atoms with Crippen molar-refractivity contribution in [3.63, 3.8) is 0 Å². The lowest BCUT2D eigenvalue weighted by molar-refractivity contribution is -0.122. The number of carbonyl (C=O) groups is 2. The molecular formula is C26H20ClN3O3S3. The molecule has 5 rings (SSSR count). The van der Waals surface area contributed by atoms with Gasteiger partial charge in [-0.1, -0.05) is 95.9 Å². The quantitative estimate of drug-likeness (QED) is 0.263. The zero-order valence-corrected chi connectivity index (χ0v) is 22.2. The van der Waals surface area contributed by atoms with E-state index in [0.29, 0.717) is 38.6 Å². The lowest BCUT2D eigenvalue weighted by Crippen LogP contribution is -2.27. The molecule has 2 aromatic carbocycles. The minimum atomic E-state index is -1.07. The van der Waals surface area contributed by atoms with Crippen molar-refractivity contribution in [2.45, 2.75) is 18.4 Å². The monoisotopic (exact) mass is 553 g/mol. The van der Waals surface area contributed by atoms with E-state index in [1.807, 2.05) is 54.4 Å². The number of amides is 1. The van der Waals surface area contributed by atoms with Crippen molar-refractivity contribution in [1.29, 1.82) is 0 Å². The van der Waals surface area contributed by atoms with E-state index < -0.39 is 5.97 Å². The van der Waals surface area contributed by atoms with Gasteiger partial charge in [-0.25, -0.2) is 4.79 Å². The molecule has 2 aliphatic heterocycles.